The molecule has 1 rings (SSSR count). The smallest absolute Gasteiger partial charge is 0.100 e. The SMILES string of the molecule is C=C(C)/C=C(Cl)\C=C(/C)OCCN1CCN(C)CC1. The zero-order valence-electron chi connectivity index (χ0n) is 12.3. The number of piperazine rings is 1. The molecule has 1 aliphatic heterocycles. The van der Waals surface area contributed by atoms with Crippen molar-refractivity contribution in [2.45, 2.75) is 13.8 Å². The van der Waals surface area contributed by atoms with Crippen LogP contribution in [0.1, 0.15) is 13.8 Å². The molecular formula is C15H25ClN2O. The van der Waals surface area contributed by atoms with Crippen LogP contribution in [0.5, 0.6) is 0 Å². The van der Waals surface area contributed by atoms with Gasteiger partial charge in [0.1, 0.15) is 6.61 Å². The van der Waals surface area contributed by atoms with Crippen molar-refractivity contribution in [3.05, 3.63) is 35.1 Å². The Hall–Kier alpha value is -0.770. The minimum Gasteiger partial charge on any atom is -0.497 e. The van der Waals surface area contributed by atoms with Gasteiger partial charge in [-0.1, -0.05) is 23.8 Å². The topological polar surface area (TPSA) is 15.7 Å². The van der Waals surface area contributed by atoms with Gasteiger partial charge in [-0.25, -0.2) is 0 Å². The first kappa shape index (κ1) is 16.3. The highest BCUT2D eigenvalue weighted by Gasteiger charge is 2.12. The van der Waals surface area contributed by atoms with Crippen LogP contribution in [0.3, 0.4) is 0 Å². The highest BCUT2D eigenvalue weighted by Crippen LogP contribution is 2.11. The molecule has 0 aliphatic carbocycles. The average molecular weight is 285 g/mol. The molecule has 0 atom stereocenters. The second-order valence-electron chi connectivity index (χ2n) is 5.12. The summed E-state index contributed by atoms with van der Waals surface area (Å²) in [5.41, 5.74) is 0.937. The molecule has 0 aromatic rings. The summed E-state index contributed by atoms with van der Waals surface area (Å²) in [6.07, 6.45) is 3.66. The maximum atomic E-state index is 6.04. The lowest BCUT2D eigenvalue weighted by molar-refractivity contribution is 0.113. The highest BCUT2D eigenvalue weighted by molar-refractivity contribution is 6.31. The van der Waals surface area contributed by atoms with Gasteiger partial charge in [0.05, 0.1) is 5.76 Å². The summed E-state index contributed by atoms with van der Waals surface area (Å²) >= 11 is 6.04. The number of hydrogen-bond acceptors (Lipinski definition) is 3. The molecular weight excluding hydrogens is 260 g/mol. The van der Waals surface area contributed by atoms with Crippen molar-refractivity contribution < 1.29 is 4.74 Å². The lowest BCUT2D eigenvalue weighted by Crippen LogP contribution is -2.45. The Labute approximate surface area is 122 Å². The Bertz CT molecular complexity index is 355. The Morgan fingerprint density at radius 1 is 1.21 bits per heavy atom. The molecule has 4 heteroatoms. The fourth-order valence-corrected chi connectivity index (χ4v) is 2.26. The minimum atomic E-state index is 0.657. The molecule has 1 fully saturated rings. The van der Waals surface area contributed by atoms with Crippen LogP contribution < -0.4 is 0 Å². The molecule has 0 saturated carbocycles. The second-order valence-corrected chi connectivity index (χ2v) is 5.56. The van der Waals surface area contributed by atoms with Crippen molar-refractivity contribution in [3.63, 3.8) is 0 Å². The van der Waals surface area contributed by atoms with Gasteiger partial charge < -0.3 is 9.64 Å². The summed E-state index contributed by atoms with van der Waals surface area (Å²) in [7, 11) is 2.16. The molecule has 1 aliphatic rings. The molecule has 0 amide bonds. The molecule has 3 nitrogen and oxygen atoms in total. The minimum absolute atomic E-state index is 0.657. The van der Waals surface area contributed by atoms with Crippen molar-refractivity contribution in [2.75, 3.05) is 46.4 Å². The molecule has 108 valence electrons. The lowest BCUT2D eigenvalue weighted by Gasteiger charge is -2.32. The van der Waals surface area contributed by atoms with E-state index < -0.39 is 0 Å². The summed E-state index contributed by atoms with van der Waals surface area (Å²) < 4.78 is 5.67. The van der Waals surface area contributed by atoms with Crippen molar-refractivity contribution in [3.8, 4) is 0 Å². The van der Waals surface area contributed by atoms with E-state index in [0.29, 0.717) is 11.6 Å². The summed E-state index contributed by atoms with van der Waals surface area (Å²) in [5, 5.41) is 0.657. The molecule has 0 spiro atoms. The predicted octanol–water partition coefficient (Wildman–Crippen LogP) is 2.85. The van der Waals surface area contributed by atoms with E-state index in [0.717, 1.165) is 44.1 Å². The van der Waals surface area contributed by atoms with E-state index in [2.05, 4.69) is 23.4 Å². The third-order valence-corrected chi connectivity index (χ3v) is 3.28. The monoisotopic (exact) mass is 284 g/mol. The number of likely N-dealkylation sites (N-methyl/N-ethyl adjacent to an activating group) is 1. The first-order valence-electron chi connectivity index (χ1n) is 6.72. The van der Waals surface area contributed by atoms with E-state index in [1.165, 1.54) is 0 Å². The van der Waals surface area contributed by atoms with Gasteiger partial charge in [0.2, 0.25) is 0 Å². The van der Waals surface area contributed by atoms with Gasteiger partial charge in [0.15, 0.2) is 0 Å². The summed E-state index contributed by atoms with van der Waals surface area (Å²) in [5.74, 6) is 0.844. The zero-order chi connectivity index (χ0) is 14.3. The van der Waals surface area contributed by atoms with Gasteiger partial charge >= 0.3 is 0 Å². The van der Waals surface area contributed by atoms with E-state index in [-0.39, 0.29) is 0 Å². The maximum Gasteiger partial charge on any atom is 0.100 e. The van der Waals surface area contributed by atoms with E-state index >= 15 is 0 Å². The first-order chi connectivity index (χ1) is 8.97. The van der Waals surface area contributed by atoms with E-state index in [1.807, 2.05) is 26.0 Å². The fourth-order valence-electron chi connectivity index (χ4n) is 1.92. The Morgan fingerprint density at radius 3 is 2.42 bits per heavy atom. The number of allylic oxidation sites excluding steroid dienone is 5. The van der Waals surface area contributed by atoms with Crippen LogP contribution in [0.25, 0.3) is 0 Å². The fraction of sp³-hybridized carbons (Fsp3) is 0.600. The number of ether oxygens (including phenoxy) is 1. The van der Waals surface area contributed by atoms with Crippen molar-refractivity contribution in [1.82, 2.24) is 9.80 Å². The van der Waals surface area contributed by atoms with Gasteiger partial charge in [0.25, 0.3) is 0 Å². The van der Waals surface area contributed by atoms with E-state index in [1.54, 1.807) is 0 Å². The molecule has 1 saturated heterocycles. The van der Waals surface area contributed by atoms with E-state index in [4.69, 9.17) is 16.3 Å². The second kappa shape index (κ2) is 8.41. The molecule has 0 unspecified atom stereocenters. The Balaban J connectivity index is 2.25. The number of rotatable bonds is 6. The van der Waals surface area contributed by atoms with Crippen molar-refractivity contribution >= 4 is 11.6 Å². The van der Waals surface area contributed by atoms with Crippen molar-refractivity contribution in [2.24, 2.45) is 0 Å². The molecule has 0 aromatic heterocycles. The molecule has 0 aromatic carbocycles. The molecule has 0 radical (unpaired) electrons. The van der Waals surface area contributed by atoms with Crippen LogP contribution >= 0.6 is 11.6 Å². The van der Waals surface area contributed by atoms with Crippen LogP contribution in [0.2, 0.25) is 0 Å². The normalized spacial score (nSPS) is 19.6. The molecule has 0 bridgehead atoms. The van der Waals surface area contributed by atoms with Crippen LogP contribution in [0.4, 0.5) is 0 Å². The van der Waals surface area contributed by atoms with Crippen molar-refractivity contribution in [1.29, 1.82) is 0 Å². The third kappa shape index (κ3) is 7.41. The standard InChI is InChI=1S/C15H25ClN2O/c1-13(2)11-15(16)12-14(3)19-10-9-18-7-5-17(4)6-8-18/h11-12H,1,5-10H2,2-4H3/b14-12+,15-11+. The summed E-state index contributed by atoms with van der Waals surface area (Å²) in [4.78, 5) is 4.78. The molecule has 0 N–H and O–H groups in total. The zero-order valence-corrected chi connectivity index (χ0v) is 13.0. The van der Waals surface area contributed by atoms with Gasteiger partial charge in [0, 0.05) is 37.8 Å². The van der Waals surface area contributed by atoms with Crippen LogP contribution in [-0.4, -0.2) is 56.2 Å². The number of hydrogen-bond donors (Lipinski definition) is 0. The largest absolute Gasteiger partial charge is 0.497 e. The average Bonchev–Trinajstić information content (AvgIpc) is 2.30. The molecule has 1 heterocycles. The summed E-state index contributed by atoms with van der Waals surface area (Å²) in [6.45, 7) is 13.9. The number of halogens is 1. The van der Waals surface area contributed by atoms with E-state index in [9.17, 15) is 0 Å². The van der Waals surface area contributed by atoms with Gasteiger partial charge in [-0.3, -0.25) is 4.90 Å². The Kier molecular flexibility index (Phi) is 7.21. The predicted molar refractivity (Wildman–Crippen MR) is 82.4 cm³/mol. The third-order valence-electron chi connectivity index (χ3n) is 3.06. The Morgan fingerprint density at radius 2 is 1.84 bits per heavy atom. The highest BCUT2D eigenvalue weighted by atomic mass is 35.5. The maximum absolute atomic E-state index is 6.04. The van der Waals surface area contributed by atoms with Gasteiger partial charge in [-0.05, 0) is 33.0 Å². The van der Waals surface area contributed by atoms with Crippen LogP contribution in [0.15, 0.2) is 35.1 Å². The van der Waals surface area contributed by atoms with Gasteiger partial charge in [-0.2, -0.15) is 0 Å². The summed E-state index contributed by atoms with van der Waals surface area (Å²) in [6, 6.07) is 0. The number of nitrogens with zero attached hydrogens (tertiary/aromatic N) is 2. The van der Waals surface area contributed by atoms with Crippen LogP contribution in [-0.2, 0) is 4.74 Å². The quantitative estimate of drug-likeness (QED) is 0.551. The lowest BCUT2D eigenvalue weighted by atomic mass is 10.3. The molecule has 19 heavy (non-hydrogen) atoms. The first-order valence-corrected chi connectivity index (χ1v) is 7.10. The van der Waals surface area contributed by atoms with Crippen LogP contribution in [0, 0.1) is 0 Å². The van der Waals surface area contributed by atoms with Gasteiger partial charge in [-0.15, -0.1) is 0 Å².